The van der Waals surface area contributed by atoms with E-state index >= 15 is 0 Å². The second-order valence-electron chi connectivity index (χ2n) is 3.33. The van der Waals surface area contributed by atoms with Gasteiger partial charge in [0, 0.05) is 6.08 Å². The normalized spacial score (nSPS) is 29.1. The Morgan fingerprint density at radius 1 is 1.46 bits per heavy atom. The lowest BCUT2D eigenvalue weighted by Crippen LogP contribution is -2.33. The van der Waals surface area contributed by atoms with E-state index in [-0.39, 0.29) is 12.1 Å². The third kappa shape index (κ3) is 3.19. The Bertz CT molecular complexity index is 198. The lowest BCUT2D eigenvalue weighted by atomic mass is 9.95. The molecule has 74 valence electrons. The van der Waals surface area contributed by atoms with Crippen LogP contribution in [0, 0.1) is 0 Å². The highest BCUT2D eigenvalue weighted by molar-refractivity contribution is 5.81. The van der Waals surface area contributed by atoms with E-state index in [1.807, 2.05) is 0 Å². The number of allylic oxidation sites excluding steroid dienone is 1. The fraction of sp³-hybridized carbons (Fsp3) is 0.700. The van der Waals surface area contributed by atoms with Crippen molar-refractivity contribution >= 4 is 5.97 Å². The van der Waals surface area contributed by atoms with Crippen LogP contribution in [0.15, 0.2) is 12.2 Å². The van der Waals surface area contributed by atoms with E-state index in [1.165, 1.54) is 6.08 Å². The zero-order valence-electron chi connectivity index (χ0n) is 7.90. The molecule has 1 aliphatic carbocycles. The van der Waals surface area contributed by atoms with Gasteiger partial charge in [0.2, 0.25) is 0 Å². The zero-order valence-corrected chi connectivity index (χ0v) is 7.90. The fourth-order valence-corrected chi connectivity index (χ4v) is 1.54. The molecule has 0 bridgehead atoms. The molecule has 0 aliphatic heterocycles. The molecule has 0 unspecified atom stereocenters. The molecular formula is C10H16O3. The van der Waals surface area contributed by atoms with Crippen molar-refractivity contribution in [3.05, 3.63) is 12.2 Å². The predicted molar refractivity (Wildman–Crippen MR) is 49.2 cm³/mol. The maximum atomic E-state index is 11.0. The van der Waals surface area contributed by atoms with Crippen LogP contribution in [0.3, 0.4) is 0 Å². The Kier molecular flexibility index (Phi) is 3.96. The Balaban J connectivity index is 2.37. The van der Waals surface area contributed by atoms with Crippen LogP contribution in [0.1, 0.15) is 32.6 Å². The number of aliphatic hydroxyl groups excluding tert-OH is 1. The highest BCUT2D eigenvalue weighted by atomic mass is 16.6. The minimum Gasteiger partial charge on any atom is -0.456 e. The molecule has 2 atom stereocenters. The number of carbonyl (C=O) groups excluding carboxylic acids is 1. The highest BCUT2D eigenvalue weighted by Gasteiger charge is 2.25. The molecule has 3 heteroatoms. The van der Waals surface area contributed by atoms with Gasteiger partial charge in [0.05, 0.1) is 6.10 Å². The number of esters is 1. The molecule has 0 aromatic rings. The summed E-state index contributed by atoms with van der Waals surface area (Å²) in [6.45, 7) is 1.76. The third-order valence-corrected chi connectivity index (χ3v) is 2.24. The average molecular weight is 184 g/mol. The van der Waals surface area contributed by atoms with Crippen LogP contribution in [-0.2, 0) is 9.53 Å². The van der Waals surface area contributed by atoms with Gasteiger partial charge in [-0.15, -0.1) is 0 Å². The number of hydrogen-bond acceptors (Lipinski definition) is 3. The van der Waals surface area contributed by atoms with E-state index < -0.39 is 6.10 Å². The number of rotatable bonds is 2. The van der Waals surface area contributed by atoms with Gasteiger partial charge in [0.25, 0.3) is 0 Å². The average Bonchev–Trinajstić information content (AvgIpc) is 2.09. The zero-order chi connectivity index (χ0) is 9.68. The fourth-order valence-electron chi connectivity index (χ4n) is 1.54. The largest absolute Gasteiger partial charge is 0.456 e. The summed E-state index contributed by atoms with van der Waals surface area (Å²) in [6, 6.07) is 0. The molecule has 3 nitrogen and oxygen atoms in total. The van der Waals surface area contributed by atoms with Crippen molar-refractivity contribution < 1.29 is 14.6 Å². The first-order valence-electron chi connectivity index (χ1n) is 4.75. The SMILES string of the molecule is C/C=C/C(=O)O[C@@H]1CCCC[C@H]1O. The summed E-state index contributed by atoms with van der Waals surface area (Å²) in [5.41, 5.74) is 0. The highest BCUT2D eigenvalue weighted by Crippen LogP contribution is 2.21. The van der Waals surface area contributed by atoms with Gasteiger partial charge in [0.15, 0.2) is 0 Å². The van der Waals surface area contributed by atoms with Crippen LogP contribution < -0.4 is 0 Å². The van der Waals surface area contributed by atoms with Gasteiger partial charge in [-0.25, -0.2) is 4.79 Å². The molecule has 0 spiro atoms. The van der Waals surface area contributed by atoms with E-state index in [0.29, 0.717) is 0 Å². The van der Waals surface area contributed by atoms with Crippen LogP contribution in [0.2, 0.25) is 0 Å². The second kappa shape index (κ2) is 5.02. The number of carbonyl (C=O) groups is 1. The van der Waals surface area contributed by atoms with Crippen molar-refractivity contribution in [2.45, 2.75) is 44.8 Å². The monoisotopic (exact) mass is 184 g/mol. The van der Waals surface area contributed by atoms with Gasteiger partial charge < -0.3 is 9.84 Å². The first-order chi connectivity index (χ1) is 6.24. The molecular weight excluding hydrogens is 168 g/mol. The Morgan fingerprint density at radius 2 is 2.15 bits per heavy atom. The molecule has 0 amide bonds. The topological polar surface area (TPSA) is 46.5 Å². The lowest BCUT2D eigenvalue weighted by molar-refractivity contribution is -0.151. The van der Waals surface area contributed by atoms with Crippen LogP contribution >= 0.6 is 0 Å². The van der Waals surface area contributed by atoms with Crippen molar-refractivity contribution in [1.82, 2.24) is 0 Å². The third-order valence-electron chi connectivity index (χ3n) is 2.24. The Labute approximate surface area is 78.4 Å². The summed E-state index contributed by atoms with van der Waals surface area (Å²) in [5, 5.41) is 9.48. The Hall–Kier alpha value is -0.830. The summed E-state index contributed by atoms with van der Waals surface area (Å²) in [7, 11) is 0. The van der Waals surface area contributed by atoms with Crippen molar-refractivity contribution in [1.29, 1.82) is 0 Å². The molecule has 0 radical (unpaired) electrons. The molecule has 1 fully saturated rings. The molecule has 13 heavy (non-hydrogen) atoms. The molecule has 1 N–H and O–H groups in total. The van der Waals surface area contributed by atoms with E-state index in [1.54, 1.807) is 13.0 Å². The molecule has 1 saturated carbocycles. The van der Waals surface area contributed by atoms with E-state index in [9.17, 15) is 9.90 Å². The molecule has 0 heterocycles. The van der Waals surface area contributed by atoms with Crippen LogP contribution in [0.4, 0.5) is 0 Å². The smallest absolute Gasteiger partial charge is 0.330 e. The summed E-state index contributed by atoms with van der Waals surface area (Å²) in [4.78, 5) is 11.0. The minimum absolute atomic E-state index is 0.294. The first-order valence-corrected chi connectivity index (χ1v) is 4.75. The number of hydrogen-bond donors (Lipinski definition) is 1. The maximum Gasteiger partial charge on any atom is 0.330 e. The number of ether oxygens (including phenoxy) is 1. The Morgan fingerprint density at radius 3 is 2.77 bits per heavy atom. The van der Waals surface area contributed by atoms with E-state index in [4.69, 9.17) is 4.74 Å². The molecule has 0 saturated heterocycles. The van der Waals surface area contributed by atoms with E-state index in [2.05, 4.69) is 0 Å². The van der Waals surface area contributed by atoms with Gasteiger partial charge in [0.1, 0.15) is 6.10 Å². The van der Waals surface area contributed by atoms with Crippen molar-refractivity contribution in [2.24, 2.45) is 0 Å². The molecule has 1 rings (SSSR count). The van der Waals surface area contributed by atoms with Gasteiger partial charge in [-0.1, -0.05) is 12.5 Å². The van der Waals surface area contributed by atoms with Gasteiger partial charge in [-0.2, -0.15) is 0 Å². The van der Waals surface area contributed by atoms with E-state index in [0.717, 1.165) is 25.7 Å². The van der Waals surface area contributed by atoms with Gasteiger partial charge in [-0.3, -0.25) is 0 Å². The molecule has 0 aromatic heterocycles. The summed E-state index contributed by atoms with van der Waals surface area (Å²) in [6.07, 6.45) is 5.83. The molecule has 0 aromatic carbocycles. The first kappa shape index (κ1) is 10.3. The number of aliphatic hydroxyl groups is 1. The standard InChI is InChI=1S/C10H16O3/c1-2-5-10(12)13-9-7-4-3-6-8(9)11/h2,5,8-9,11H,3-4,6-7H2,1H3/b5-2+/t8-,9-/m1/s1. The summed E-state index contributed by atoms with van der Waals surface area (Å²) < 4.78 is 5.07. The quantitative estimate of drug-likeness (QED) is 0.521. The van der Waals surface area contributed by atoms with Crippen LogP contribution in [0.5, 0.6) is 0 Å². The second-order valence-corrected chi connectivity index (χ2v) is 3.33. The van der Waals surface area contributed by atoms with Crippen LogP contribution in [-0.4, -0.2) is 23.3 Å². The maximum absolute atomic E-state index is 11.0. The predicted octanol–water partition coefficient (Wildman–Crippen LogP) is 1.41. The summed E-state index contributed by atoms with van der Waals surface area (Å²) in [5.74, 6) is -0.353. The van der Waals surface area contributed by atoms with Gasteiger partial charge in [-0.05, 0) is 26.2 Å². The van der Waals surface area contributed by atoms with Crippen molar-refractivity contribution in [2.75, 3.05) is 0 Å². The molecule has 1 aliphatic rings. The van der Waals surface area contributed by atoms with Crippen LogP contribution in [0.25, 0.3) is 0 Å². The summed E-state index contributed by atoms with van der Waals surface area (Å²) >= 11 is 0. The van der Waals surface area contributed by atoms with Crippen molar-refractivity contribution in [3.8, 4) is 0 Å². The minimum atomic E-state index is -0.469. The lowest BCUT2D eigenvalue weighted by Gasteiger charge is -2.26. The van der Waals surface area contributed by atoms with Gasteiger partial charge >= 0.3 is 5.97 Å². The van der Waals surface area contributed by atoms with Crippen molar-refractivity contribution in [3.63, 3.8) is 0 Å².